The maximum atomic E-state index is 11.0. The Morgan fingerprint density at radius 2 is 2.27 bits per heavy atom. The molecule has 1 aliphatic carbocycles. The van der Waals surface area contributed by atoms with Gasteiger partial charge in [-0.2, -0.15) is 0 Å². The van der Waals surface area contributed by atoms with Crippen molar-refractivity contribution in [3.63, 3.8) is 0 Å². The van der Waals surface area contributed by atoms with Crippen molar-refractivity contribution in [2.24, 2.45) is 5.73 Å². The van der Waals surface area contributed by atoms with Gasteiger partial charge in [0.1, 0.15) is 0 Å². The maximum absolute atomic E-state index is 11.0. The average Bonchev–Trinajstić information content (AvgIpc) is 2.16. The molecular weight excluding hydrogens is 188 g/mol. The first-order valence-electron chi connectivity index (χ1n) is 5.38. The standard InChI is InChI=1S/C12H16N2O/c13-12(15)10-4-1-3-9(7-10)8-14-11-5-2-6-11/h1,3-4,7,11,14H,2,5-6,8H2,(H2,13,15). The van der Waals surface area contributed by atoms with Crippen LogP contribution in [-0.4, -0.2) is 11.9 Å². The summed E-state index contributed by atoms with van der Waals surface area (Å²) in [6, 6.07) is 8.15. The minimum Gasteiger partial charge on any atom is -0.366 e. The number of rotatable bonds is 4. The second-order valence-electron chi connectivity index (χ2n) is 4.07. The molecule has 0 bridgehead atoms. The lowest BCUT2D eigenvalue weighted by molar-refractivity contribution is 0.1000. The van der Waals surface area contributed by atoms with Gasteiger partial charge >= 0.3 is 0 Å². The average molecular weight is 204 g/mol. The van der Waals surface area contributed by atoms with E-state index in [0.717, 1.165) is 12.1 Å². The Morgan fingerprint density at radius 3 is 2.87 bits per heavy atom. The number of carbonyl (C=O) groups is 1. The van der Waals surface area contributed by atoms with Crippen molar-refractivity contribution < 1.29 is 4.79 Å². The highest BCUT2D eigenvalue weighted by Gasteiger charge is 2.16. The second-order valence-corrected chi connectivity index (χ2v) is 4.07. The van der Waals surface area contributed by atoms with Crippen molar-refractivity contribution >= 4 is 5.91 Å². The number of hydrogen-bond acceptors (Lipinski definition) is 2. The first kappa shape index (κ1) is 10.2. The van der Waals surface area contributed by atoms with Crippen LogP contribution in [0.4, 0.5) is 0 Å². The van der Waals surface area contributed by atoms with Gasteiger partial charge in [-0.05, 0) is 30.5 Å². The monoisotopic (exact) mass is 204 g/mol. The predicted molar refractivity (Wildman–Crippen MR) is 59.4 cm³/mol. The first-order chi connectivity index (χ1) is 7.25. The first-order valence-corrected chi connectivity index (χ1v) is 5.38. The molecule has 1 aromatic rings. The van der Waals surface area contributed by atoms with E-state index >= 15 is 0 Å². The van der Waals surface area contributed by atoms with Crippen LogP contribution in [-0.2, 0) is 6.54 Å². The quantitative estimate of drug-likeness (QED) is 0.779. The number of hydrogen-bond donors (Lipinski definition) is 2. The number of amides is 1. The zero-order valence-electron chi connectivity index (χ0n) is 8.70. The Labute approximate surface area is 89.7 Å². The minimum atomic E-state index is -0.361. The molecule has 1 aliphatic rings. The fourth-order valence-electron chi connectivity index (χ4n) is 1.71. The van der Waals surface area contributed by atoms with Crippen LogP contribution in [0.2, 0.25) is 0 Å². The predicted octanol–water partition coefficient (Wildman–Crippen LogP) is 1.43. The Kier molecular flexibility index (Phi) is 3.02. The molecule has 0 aromatic heterocycles. The SMILES string of the molecule is NC(=O)c1cccc(CNC2CCC2)c1. The molecule has 0 atom stereocenters. The molecule has 2 rings (SSSR count). The Balaban J connectivity index is 1.94. The molecule has 1 amide bonds. The van der Waals surface area contributed by atoms with Gasteiger partial charge in [-0.3, -0.25) is 4.79 Å². The van der Waals surface area contributed by atoms with Crippen molar-refractivity contribution in [1.29, 1.82) is 0 Å². The molecular formula is C12H16N2O. The maximum Gasteiger partial charge on any atom is 0.248 e. The van der Waals surface area contributed by atoms with E-state index in [2.05, 4.69) is 5.32 Å². The molecule has 0 saturated heterocycles. The van der Waals surface area contributed by atoms with Crippen LogP contribution in [0.5, 0.6) is 0 Å². The topological polar surface area (TPSA) is 55.1 Å². The highest BCUT2D eigenvalue weighted by molar-refractivity contribution is 5.92. The zero-order valence-corrected chi connectivity index (χ0v) is 8.70. The van der Waals surface area contributed by atoms with E-state index in [-0.39, 0.29) is 5.91 Å². The van der Waals surface area contributed by atoms with Crippen LogP contribution in [0.1, 0.15) is 35.2 Å². The molecule has 0 aliphatic heterocycles. The van der Waals surface area contributed by atoms with Crippen molar-refractivity contribution in [3.8, 4) is 0 Å². The summed E-state index contributed by atoms with van der Waals surface area (Å²) >= 11 is 0. The summed E-state index contributed by atoms with van der Waals surface area (Å²) in [4.78, 5) is 11.0. The number of nitrogens with one attached hydrogen (secondary N) is 1. The van der Waals surface area contributed by atoms with E-state index in [1.54, 1.807) is 6.07 Å². The third kappa shape index (κ3) is 2.57. The van der Waals surface area contributed by atoms with Crippen molar-refractivity contribution in [2.45, 2.75) is 31.8 Å². The lowest BCUT2D eigenvalue weighted by Crippen LogP contribution is -2.34. The van der Waals surface area contributed by atoms with Crippen LogP contribution in [0.25, 0.3) is 0 Å². The fourth-order valence-corrected chi connectivity index (χ4v) is 1.71. The van der Waals surface area contributed by atoms with Gasteiger partial charge in [0.15, 0.2) is 0 Å². The summed E-state index contributed by atoms with van der Waals surface area (Å²) in [6.45, 7) is 0.825. The summed E-state index contributed by atoms with van der Waals surface area (Å²) in [5, 5.41) is 3.45. The summed E-state index contributed by atoms with van der Waals surface area (Å²) in [5.74, 6) is -0.361. The molecule has 80 valence electrons. The largest absolute Gasteiger partial charge is 0.366 e. The number of carbonyl (C=O) groups excluding carboxylic acids is 1. The molecule has 0 radical (unpaired) electrons. The Morgan fingerprint density at radius 1 is 1.47 bits per heavy atom. The van der Waals surface area contributed by atoms with E-state index < -0.39 is 0 Å². The van der Waals surface area contributed by atoms with Crippen LogP contribution in [0.3, 0.4) is 0 Å². The van der Waals surface area contributed by atoms with E-state index in [1.165, 1.54) is 19.3 Å². The van der Waals surface area contributed by atoms with Crippen LogP contribution < -0.4 is 11.1 Å². The minimum absolute atomic E-state index is 0.361. The zero-order chi connectivity index (χ0) is 10.7. The van der Waals surface area contributed by atoms with Gasteiger partial charge in [0.2, 0.25) is 5.91 Å². The number of primary amides is 1. The molecule has 3 heteroatoms. The second kappa shape index (κ2) is 4.45. The molecule has 3 nitrogen and oxygen atoms in total. The summed E-state index contributed by atoms with van der Waals surface area (Å²) < 4.78 is 0. The van der Waals surface area contributed by atoms with Gasteiger partial charge in [-0.15, -0.1) is 0 Å². The third-order valence-corrected chi connectivity index (χ3v) is 2.91. The molecule has 1 aromatic carbocycles. The highest BCUT2D eigenvalue weighted by Crippen LogP contribution is 2.18. The summed E-state index contributed by atoms with van der Waals surface area (Å²) in [6.07, 6.45) is 3.88. The summed E-state index contributed by atoms with van der Waals surface area (Å²) in [7, 11) is 0. The van der Waals surface area contributed by atoms with Gasteiger partial charge in [0.05, 0.1) is 0 Å². The van der Waals surface area contributed by atoms with Gasteiger partial charge < -0.3 is 11.1 Å². The van der Waals surface area contributed by atoms with E-state index in [0.29, 0.717) is 11.6 Å². The molecule has 0 unspecified atom stereocenters. The van der Waals surface area contributed by atoms with Crippen molar-refractivity contribution in [2.75, 3.05) is 0 Å². The van der Waals surface area contributed by atoms with E-state index in [4.69, 9.17) is 5.73 Å². The van der Waals surface area contributed by atoms with Gasteiger partial charge in [0.25, 0.3) is 0 Å². The van der Waals surface area contributed by atoms with Crippen LogP contribution in [0.15, 0.2) is 24.3 Å². The molecule has 1 fully saturated rings. The molecule has 15 heavy (non-hydrogen) atoms. The lowest BCUT2D eigenvalue weighted by atomic mass is 9.93. The smallest absolute Gasteiger partial charge is 0.248 e. The Bertz CT molecular complexity index is 358. The van der Waals surface area contributed by atoms with E-state index in [9.17, 15) is 4.79 Å². The number of nitrogens with two attached hydrogens (primary N) is 1. The molecule has 0 heterocycles. The molecule has 0 spiro atoms. The van der Waals surface area contributed by atoms with Gasteiger partial charge in [-0.25, -0.2) is 0 Å². The molecule has 3 N–H and O–H groups in total. The summed E-state index contributed by atoms with van der Waals surface area (Å²) in [5.41, 5.74) is 6.93. The van der Waals surface area contributed by atoms with Gasteiger partial charge in [-0.1, -0.05) is 18.6 Å². The van der Waals surface area contributed by atoms with Crippen LogP contribution in [0, 0.1) is 0 Å². The highest BCUT2D eigenvalue weighted by atomic mass is 16.1. The van der Waals surface area contributed by atoms with Crippen molar-refractivity contribution in [3.05, 3.63) is 35.4 Å². The Hall–Kier alpha value is -1.35. The molecule has 1 saturated carbocycles. The normalized spacial score (nSPS) is 16.0. The third-order valence-electron chi connectivity index (χ3n) is 2.91. The van der Waals surface area contributed by atoms with Crippen molar-refractivity contribution in [1.82, 2.24) is 5.32 Å². The van der Waals surface area contributed by atoms with Gasteiger partial charge in [0, 0.05) is 18.2 Å². The lowest BCUT2D eigenvalue weighted by Gasteiger charge is -2.26. The van der Waals surface area contributed by atoms with E-state index in [1.807, 2.05) is 18.2 Å². The van der Waals surface area contributed by atoms with Crippen LogP contribution >= 0.6 is 0 Å². The fraction of sp³-hybridized carbons (Fsp3) is 0.417. The number of benzene rings is 1.